The standard InChI is InChI=1S/C18H25N5O/c1-18(2,3)9-14(13-7-6-8-19-10-13)21-16-12-20-11-15(22-16)17(24)23(4)5/h6-8,10-12,14H,9H2,1-5H3,(H,21,22). The molecule has 2 rings (SSSR count). The SMILES string of the molecule is CN(C)C(=O)c1cncc(NC(CC(C)(C)C)c2cccnc2)n1. The summed E-state index contributed by atoms with van der Waals surface area (Å²) in [6, 6.07) is 4.00. The zero-order valence-corrected chi connectivity index (χ0v) is 14.9. The fourth-order valence-corrected chi connectivity index (χ4v) is 2.39. The quantitative estimate of drug-likeness (QED) is 0.913. The number of nitrogens with one attached hydrogen (secondary N) is 1. The van der Waals surface area contributed by atoms with Crippen molar-refractivity contribution in [3.63, 3.8) is 0 Å². The molecule has 1 amide bonds. The van der Waals surface area contributed by atoms with Crippen molar-refractivity contribution in [2.24, 2.45) is 5.41 Å². The summed E-state index contributed by atoms with van der Waals surface area (Å²) < 4.78 is 0. The summed E-state index contributed by atoms with van der Waals surface area (Å²) in [6.45, 7) is 6.57. The van der Waals surface area contributed by atoms with E-state index in [1.807, 2.05) is 18.3 Å². The number of anilines is 1. The maximum absolute atomic E-state index is 12.1. The van der Waals surface area contributed by atoms with Crippen LogP contribution >= 0.6 is 0 Å². The Morgan fingerprint density at radius 1 is 1.21 bits per heavy atom. The van der Waals surface area contributed by atoms with Crippen LogP contribution in [0.1, 0.15) is 49.3 Å². The van der Waals surface area contributed by atoms with Crippen LogP contribution < -0.4 is 5.32 Å². The molecule has 1 atom stereocenters. The maximum Gasteiger partial charge on any atom is 0.273 e. The maximum atomic E-state index is 12.1. The van der Waals surface area contributed by atoms with Gasteiger partial charge in [0.2, 0.25) is 0 Å². The lowest BCUT2D eigenvalue weighted by atomic mass is 9.86. The van der Waals surface area contributed by atoms with Gasteiger partial charge < -0.3 is 10.2 Å². The Morgan fingerprint density at radius 3 is 2.54 bits per heavy atom. The Kier molecular flexibility index (Phi) is 5.49. The fraction of sp³-hybridized carbons (Fsp3) is 0.444. The number of carbonyl (C=O) groups excluding carboxylic acids is 1. The van der Waals surface area contributed by atoms with Gasteiger partial charge in [-0.25, -0.2) is 4.98 Å². The van der Waals surface area contributed by atoms with Gasteiger partial charge in [0, 0.05) is 26.5 Å². The summed E-state index contributed by atoms with van der Waals surface area (Å²) in [5.74, 6) is 0.417. The van der Waals surface area contributed by atoms with E-state index in [2.05, 4.69) is 41.0 Å². The molecule has 0 aromatic carbocycles. The van der Waals surface area contributed by atoms with Crippen molar-refractivity contribution in [1.82, 2.24) is 19.9 Å². The van der Waals surface area contributed by atoms with Gasteiger partial charge in [-0.1, -0.05) is 26.8 Å². The second kappa shape index (κ2) is 7.38. The van der Waals surface area contributed by atoms with Crippen LogP contribution in [-0.4, -0.2) is 39.9 Å². The van der Waals surface area contributed by atoms with Crippen LogP contribution in [0.2, 0.25) is 0 Å². The highest BCUT2D eigenvalue weighted by Gasteiger charge is 2.21. The van der Waals surface area contributed by atoms with Crippen LogP contribution in [0, 0.1) is 5.41 Å². The molecule has 0 saturated heterocycles. The van der Waals surface area contributed by atoms with Gasteiger partial charge in [-0.3, -0.25) is 14.8 Å². The molecular formula is C18H25N5O. The van der Waals surface area contributed by atoms with Crippen LogP contribution in [-0.2, 0) is 0 Å². The lowest BCUT2D eigenvalue weighted by Crippen LogP contribution is -2.24. The van der Waals surface area contributed by atoms with Crippen LogP contribution in [0.4, 0.5) is 5.82 Å². The zero-order chi connectivity index (χ0) is 17.7. The van der Waals surface area contributed by atoms with E-state index in [-0.39, 0.29) is 17.4 Å². The molecule has 6 heteroatoms. The normalized spacial score (nSPS) is 12.5. The molecule has 6 nitrogen and oxygen atoms in total. The van der Waals surface area contributed by atoms with E-state index in [1.165, 1.54) is 11.1 Å². The third-order valence-electron chi connectivity index (χ3n) is 3.49. The van der Waals surface area contributed by atoms with Crippen molar-refractivity contribution >= 4 is 11.7 Å². The molecule has 0 fully saturated rings. The molecule has 0 radical (unpaired) electrons. The first-order chi connectivity index (χ1) is 11.3. The van der Waals surface area contributed by atoms with Crippen molar-refractivity contribution in [2.45, 2.75) is 33.2 Å². The minimum absolute atomic E-state index is 0.0395. The molecule has 1 N–H and O–H groups in total. The number of nitrogens with zero attached hydrogens (tertiary/aromatic N) is 4. The lowest BCUT2D eigenvalue weighted by molar-refractivity contribution is 0.0821. The van der Waals surface area contributed by atoms with Crippen LogP contribution in [0.15, 0.2) is 36.9 Å². The Bertz CT molecular complexity index is 679. The van der Waals surface area contributed by atoms with E-state index in [0.717, 1.165) is 12.0 Å². The molecule has 0 aliphatic heterocycles. The third kappa shape index (κ3) is 5.01. The largest absolute Gasteiger partial charge is 0.362 e. The van der Waals surface area contributed by atoms with Crippen molar-refractivity contribution in [3.05, 3.63) is 48.2 Å². The number of rotatable bonds is 5. The van der Waals surface area contributed by atoms with E-state index < -0.39 is 0 Å². The van der Waals surface area contributed by atoms with Crippen LogP contribution in [0.25, 0.3) is 0 Å². The van der Waals surface area contributed by atoms with Gasteiger partial charge in [0.15, 0.2) is 0 Å². The monoisotopic (exact) mass is 327 g/mol. The number of amides is 1. The highest BCUT2D eigenvalue weighted by molar-refractivity contribution is 5.91. The molecule has 128 valence electrons. The van der Waals surface area contributed by atoms with Crippen molar-refractivity contribution in [1.29, 1.82) is 0 Å². The van der Waals surface area contributed by atoms with Gasteiger partial charge >= 0.3 is 0 Å². The highest BCUT2D eigenvalue weighted by Crippen LogP contribution is 2.31. The summed E-state index contributed by atoms with van der Waals surface area (Å²) in [5, 5.41) is 3.40. The average molecular weight is 327 g/mol. The molecule has 0 saturated carbocycles. The molecule has 1 unspecified atom stereocenters. The molecule has 0 bridgehead atoms. The number of carbonyl (C=O) groups is 1. The summed E-state index contributed by atoms with van der Waals surface area (Å²) in [6.07, 6.45) is 7.63. The summed E-state index contributed by atoms with van der Waals surface area (Å²) in [4.78, 5) is 26.3. The summed E-state index contributed by atoms with van der Waals surface area (Å²) >= 11 is 0. The smallest absolute Gasteiger partial charge is 0.273 e. The van der Waals surface area contributed by atoms with Gasteiger partial charge in [0.1, 0.15) is 11.5 Å². The van der Waals surface area contributed by atoms with Gasteiger partial charge in [0.25, 0.3) is 5.91 Å². The fourth-order valence-electron chi connectivity index (χ4n) is 2.39. The first-order valence-electron chi connectivity index (χ1n) is 7.96. The molecular weight excluding hydrogens is 302 g/mol. The first kappa shape index (κ1) is 17.8. The predicted octanol–water partition coefficient (Wildman–Crippen LogP) is 3.16. The zero-order valence-electron chi connectivity index (χ0n) is 14.9. The summed E-state index contributed by atoms with van der Waals surface area (Å²) in [7, 11) is 3.39. The average Bonchev–Trinajstić information content (AvgIpc) is 2.53. The predicted molar refractivity (Wildman–Crippen MR) is 94.7 cm³/mol. The topological polar surface area (TPSA) is 71.0 Å². The molecule has 2 aromatic rings. The lowest BCUT2D eigenvalue weighted by Gasteiger charge is -2.27. The molecule has 24 heavy (non-hydrogen) atoms. The van der Waals surface area contributed by atoms with Crippen molar-refractivity contribution in [3.8, 4) is 0 Å². The number of aromatic nitrogens is 3. The second-order valence-corrected chi connectivity index (χ2v) is 7.24. The van der Waals surface area contributed by atoms with Gasteiger partial charge in [-0.05, 0) is 23.5 Å². The van der Waals surface area contributed by atoms with E-state index in [0.29, 0.717) is 11.5 Å². The minimum Gasteiger partial charge on any atom is -0.362 e. The van der Waals surface area contributed by atoms with E-state index in [1.54, 1.807) is 26.5 Å². The van der Waals surface area contributed by atoms with Crippen molar-refractivity contribution < 1.29 is 4.79 Å². The molecule has 2 heterocycles. The van der Waals surface area contributed by atoms with Gasteiger partial charge in [0.05, 0.1) is 18.4 Å². The highest BCUT2D eigenvalue weighted by atomic mass is 16.2. The van der Waals surface area contributed by atoms with Gasteiger partial charge in [-0.15, -0.1) is 0 Å². The molecule has 0 aliphatic carbocycles. The Balaban J connectivity index is 2.27. The molecule has 0 spiro atoms. The van der Waals surface area contributed by atoms with Crippen LogP contribution in [0.5, 0.6) is 0 Å². The molecule has 2 aromatic heterocycles. The molecule has 0 aliphatic rings. The van der Waals surface area contributed by atoms with E-state index >= 15 is 0 Å². The van der Waals surface area contributed by atoms with E-state index in [9.17, 15) is 4.79 Å². The minimum atomic E-state index is -0.167. The van der Waals surface area contributed by atoms with Gasteiger partial charge in [-0.2, -0.15) is 0 Å². The van der Waals surface area contributed by atoms with E-state index in [4.69, 9.17) is 0 Å². The number of pyridine rings is 1. The summed E-state index contributed by atoms with van der Waals surface area (Å²) in [5.41, 5.74) is 1.53. The Morgan fingerprint density at radius 2 is 1.96 bits per heavy atom. The number of hydrogen-bond donors (Lipinski definition) is 1. The van der Waals surface area contributed by atoms with Crippen molar-refractivity contribution in [2.75, 3.05) is 19.4 Å². The first-order valence-corrected chi connectivity index (χ1v) is 7.96. The second-order valence-electron chi connectivity index (χ2n) is 7.24. The Hall–Kier alpha value is -2.50. The Labute approximate surface area is 143 Å². The third-order valence-corrected chi connectivity index (χ3v) is 3.49. The number of hydrogen-bond acceptors (Lipinski definition) is 5. The van der Waals surface area contributed by atoms with Crippen LogP contribution in [0.3, 0.4) is 0 Å².